The van der Waals surface area contributed by atoms with Gasteiger partial charge in [0.2, 0.25) is 0 Å². The van der Waals surface area contributed by atoms with Crippen LogP contribution < -0.4 is 0 Å². The number of carbonyl (C=O) groups excluding carboxylic acids is 1. The molecule has 1 aliphatic rings. The van der Waals surface area contributed by atoms with Gasteiger partial charge in [-0.15, -0.1) is 0 Å². The Morgan fingerprint density at radius 1 is 1.43 bits per heavy atom. The fourth-order valence-corrected chi connectivity index (χ4v) is 2.27. The van der Waals surface area contributed by atoms with Crippen LogP contribution in [0, 0.1) is 0 Å². The number of benzene rings is 1. The van der Waals surface area contributed by atoms with Crippen molar-refractivity contribution >= 4 is 17.7 Å². The van der Waals surface area contributed by atoms with E-state index in [2.05, 4.69) is 0 Å². The molecule has 1 fully saturated rings. The minimum Gasteiger partial charge on any atom is -0.444 e. The van der Waals surface area contributed by atoms with Crippen LogP contribution >= 0.6 is 11.6 Å². The molecule has 1 N–H and O–H groups in total. The Bertz CT molecular complexity index is 521. The average molecular weight is 312 g/mol. The molecule has 0 saturated heterocycles. The molecule has 1 aliphatic carbocycles. The second-order valence-electron chi connectivity index (χ2n) is 6.42. The van der Waals surface area contributed by atoms with Gasteiger partial charge in [-0.25, -0.2) is 4.79 Å². The van der Waals surface area contributed by atoms with E-state index in [0.29, 0.717) is 17.1 Å². The smallest absolute Gasteiger partial charge is 0.410 e. The molecule has 0 bridgehead atoms. The third-order valence-electron chi connectivity index (χ3n) is 3.25. The minimum atomic E-state index is -0.500. The topological polar surface area (TPSA) is 49.8 Å². The van der Waals surface area contributed by atoms with E-state index in [4.69, 9.17) is 16.3 Å². The molecular weight excluding hydrogens is 290 g/mol. The van der Waals surface area contributed by atoms with Crippen LogP contribution in [0.15, 0.2) is 18.2 Å². The highest BCUT2D eigenvalue weighted by Crippen LogP contribution is 2.30. The van der Waals surface area contributed by atoms with Crippen molar-refractivity contribution < 1.29 is 14.6 Å². The van der Waals surface area contributed by atoms with Gasteiger partial charge in [-0.05, 0) is 50.8 Å². The van der Waals surface area contributed by atoms with Gasteiger partial charge in [-0.2, -0.15) is 0 Å². The standard InChI is InChI=1S/C16H22ClNO3/c1-16(2,3)21-15(20)18(13-5-6-13)9-11-4-7-14(17)12(8-11)10-19/h4,7-8,13,19H,5-6,9-10H2,1-3H3. The summed E-state index contributed by atoms with van der Waals surface area (Å²) < 4.78 is 5.47. The minimum absolute atomic E-state index is 0.109. The van der Waals surface area contributed by atoms with Crippen LogP contribution in [-0.4, -0.2) is 27.7 Å². The zero-order chi connectivity index (χ0) is 15.6. The summed E-state index contributed by atoms with van der Waals surface area (Å²) in [7, 11) is 0. The monoisotopic (exact) mass is 311 g/mol. The van der Waals surface area contributed by atoms with Crippen LogP contribution in [0.3, 0.4) is 0 Å². The molecule has 1 saturated carbocycles. The van der Waals surface area contributed by atoms with E-state index in [1.807, 2.05) is 32.9 Å². The maximum atomic E-state index is 12.3. The molecular formula is C16H22ClNO3. The zero-order valence-electron chi connectivity index (χ0n) is 12.7. The molecule has 0 aromatic heterocycles. The molecule has 116 valence electrons. The molecule has 5 heteroatoms. The van der Waals surface area contributed by atoms with Crippen molar-refractivity contribution in [1.82, 2.24) is 4.90 Å². The Hall–Kier alpha value is -1.26. The van der Waals surface area contributed by atoms with E-state index in [0.717, 1.165) is 18.4 Å². The summed E-state index contributed by atoms with van der Waals surface area (Å²) in [4.78, 5) is 14.1. The molecule has 0 unspecified atom stereocenters. The molecule has 0 spiro atoms. The maximum absolute atomic E-state index is 12.3. The number of nitrogens with zero attached hydrogens (tertiary/aromatic N) is 1. The van der Waals surface area contributed by atoms with Gasteiger partial charge < -0.3 is 14.7 Å². The van der Waals surface area contributed by atoms with E-state index in [1.54, 1.807) is 11.0 Å². The average Bonchev–Trinajstić information content (AvgIpc) is 3.19. The predicted octanol–water partition coefficient (Wildman–Crippen LogP) is 3.73. The van der Waals surface area contributed by atoms with E-state index in [9.17, 15) is 9.90 Å². The van der Waals surface area contributed by atoms with Crippen LogP contribution in [0.2, 0.25) is 5.02 Å². The van der Waals surface area contributed by atoms with Crippen molar-refractivity contribution in [3.63, 3.8) is 0 Å². The lowest BCUT2D eigenvalue weighted by Crippen LogP contribution is -2.37. The summed E-state index contributed by atoms with van der Waals surface area (Å²) >= 11 is 5.99. The highest BCUT2D eigenvalue weighted by molar-refractivity contribution is 6.31. The fourth-order valence-electron chi connectivity index (χ4n) is 2.09. The first-order valence-electron chi connectivity index (χ1n) is 7.18. The van der Waals surface area contributed by atoms with Crippen molar-refractivity contribution in [1.29, 1.82) is 0 Å². The maximum Gasteiger partial charge on any atom is 0.410 e. The first-order chi connectivity index (χ1) is 9.80. The van der Waals surface area contributed by atoms with Gasteiger partial charge in [0.25, 0.3) is 0 Å². The zero-order valence-corrected chi connectivity index (χ0v) is 13.5. The number of ether oxygens (including phenoxy) is 1. The lowest BCUT2D eigenvalue weighted by Gasteiger charge is -2.27. The molecule has 1 amide bonds. The number of hydrogen-bond acceptors (Lipinski definition) is 3. The molecule has 2 rings (SSSR count). The Kier molecular flexibility index (Phi) is 4.79. The van der Waals surface area contributed by atoms with E-state index >= 15 is 0 Å². The third-order valence-corrected chi connectivity index (χ3v) is 3.62. The van der Waals surface area contributed by atoms with Gasteiger partial charge in [0.1, 0.15) is 5.60 Å². The Morgan fingerprint density at radius 2 is 2.10 bits per heavy atom. The number of rotatable bonds is 4. The van der Waals surface area contributed by atoms with Crippen molar-refractivity contribution in [2.24, 2.45) is 0 Å². The second-order valence-corrected chi connectivity index (χ2v) is 6.83. The van der Waals surface area contributed by atoms with E-state index in [1.165, 1.54) is 0 Å². The fraction of sp³-hybridized carbons (Fsp3) is 0.562. The Labute approximate surface area is 130 Å². The molecule has 4 nitrogen and oxygen atoms in total. The van der Waals surface area contributed by atoms with E-state index < -0.39 is 5.60 Å². The molecule has 1 aromatic carbocycles. The lowest BCUT2D eigenvalue weighted by molar-refractivity contribution is 0.0216. The van der Waals surface area contributed by atoms with Crippen LogP contribution in [0.5, 0.6) is 0 Å². The first-order valence-corrected chi connectivity index (χ1v) is 7.56. The summed E-state index contributed by atoms with van der Waals surface area (Å²) in [5.41, 5.74) is 1.12. The van der Waals surface area contributed by atoms with Gasteiger partial charge in [0.15, 0.2) is 0 Å². The van der Waals surface area contributed by atoms with Crippen LogP contribution in [-0.2, 0) is 17.9 Å². The predicted molar refractivity (Wildman–Crippen MR) is 82.2 cm³/mol. The number of aliphatic hydroxyl groups excluding tert-OH is 1. The molecule has 0 radical (unpaired) electrons. The number of halogens is 1. The molecule has 0 atom stereocenters. The second kappa shape index (κ2) is 6.24. The van der Waals surface area contributed by atoms with Gasteiger partial charge in [-0.3, -0.25) is 0 Å². The summed E-state index contributed by atoms with van der Waals surface area (Å²) in [6.07, 6.45) is 1.74. The third kappa shape index (κ3) is 4.61. The molecule has 0 aliphatic heterocycles. The molecule has 1 aromatic rings. The highest BCUT2D eigenvalue weighted by atomic mass is 35.5. The molecule has 21 heavy (non-hydrogen) atoms. The Balaban J connectivity index is 2.11. The molecule has 0 heterocycles. The summed E-state index contributed by atoms with van der Waals surface area (Å²) in [6.45, 7) is 5.96. The quantitative estimate of drug-likeness (QED) is 0.921. The Morgan fingerprint density at radius 3 is 2.62 bits per heavy atom. The van der Waals surface area contributed by atoms with Crippen molar-refractivity contribution in [3.8, 4) is 0 Å². The van der Waals surface area contributed by atoms with Gasteiger partial charge >= 0.3 is 6.09 Å². The van der Waals surface area contributed by atoms with Crippen molar-refractivity contribution in [3.05, 3.63) is 34.3 Å². The number of carbonyl (C=O) groups is 1. The van der Waals surface area contributed by atoms with Gasteiger partial charge in [-0.1, -0.05) is 23.7 Å². The summed E-state index contributed by atoms with van der Waals surface area (Å²) in [5.74, 6) is 0. The van der Waals surface area contributed by atoms with Crippen molar-refractivity contribution in [2.45, 2.75) is 58.4 Å². The van der Waals surface area contributed by atoms with Gasteiger partial charge in [0, 0.05) is 17.6 Å². The number of aliphatic hydroxyl groups is 1. The first kappa shape index (κ1) is 16.1. The lowest BCUT2D eigenvalue weighted by atomic mass is 10.1. The van der Waals surface area contributed by atoms with Gasteiger partial charge in [0.05, 0.1) is 6.61 Å². The van der Waals surface area contributed by atoms with E-state index in [-0.39, 0.29) is 18.7 Å². The van der Waals surface area contributed by atoms with Crippen LogP contribution in [0.25, 0.3) is 0 Å². The largest absolute Gasteiger partial charge is 0.444 e. The number of hydrogen-bond donors (Lipinski definition) is 1. The summed E-state index contributed by atoms with van der Waals surface area (Å²) in [5, 5.41) is 9.81. The normalized spacial score (nSPS) is 14.9. The van der Waals surface area contributed by atoms with Crippen LogP contribution in [0.4, 0.5) is 4.79 Å². The summed E-state index contributed by atoms with van der Waals surface area (Å²) in [6, 6.07) is 5.72. The van der Waals surface area contributed by atoms with Crippen molar-refractivity contribution in [2.75, 3.05) is 0 Å². The van der Waals surface area contributed by atoms with Crippen LogP contribution in [0.1, 0.15) is 44.7 Å². The highest BCUT2D eigenvalue weighted by Gasteiger charge is 2.35. The SMILES string of the molecule is CC(C)(C)OC(=O)N(Cc1ccc(Cl)c(CO)c1)C1CC1. The number of amides is 1.